The maximum atomic E-state index is 13.9. The number of hydrogen-bond donors (Lipinski definition) is 0. The zero-order valence-electron chi connectivity index (χ0n) is 10.7. The van der Waals surface area contributed by atoms with Crippen LogP contribution in [0, 0.1) is 0 Å². The zero-order chi connectivity index (χ0) is 14.6. The van der Waals surface area contributed by atoms with E-state index < -0.39 is 29.3 Å². The molecule has 0 aliphatic rings. The van der Waals surface area contributed by atoms with Crippen LogP contribution in [0.3, 0.4) is 0 Å². The van der Waals surface area contributed by atoms with E-state index in [1.165, 1.54) is 6.08 Å². The summed E-state index contributed by atoms with van der Waals surface area (Å²) in [5.74, 6) is -3.31. The van der Waals surface area contributed by atoms with E-state index in [0.29, 0.717) is 0 Å². The Morgan fingerprint density at radius 2 is 1.89 bits per heavy atom. The predicted octanol–water partition coefficient (Wildman–Crippen LogP) is 1.88. The number of nitrogens with zero attached hydrogens (tertiary/aromatic N) is 2. The van der Waals surface area contributed by atoms with Gasteiger partial charge in [0.2, 0.25) is 0 Å². The monoisotopic (exact) mass is 270 g/mol. The summed E-state index contributed by atoms with van der Waals surface area (Å²) in [5.41, 5.74) is -2.09. The van der Waals surface area contributed by atoms with Crippen molar-refractivity contribution in [3.05, 3.63) is 57.9 Å². The first-order valence-electron chi connectivity index (χ1n) is 5.83. The van der Waals surface area contributed by atoms with E-state index in [4.69, 9.17) is 0 Å². The first kappa shape index (κ1) is 15.1. The van der Waals surface area contributed by atoms with Crippen LogP contribution in [0.15, 0.2) is 41.0 Å². The number of halogens is 2. The standard InChI is InChI=1S/C13H16F2N2O2/c1-4-7-13(14,15)10-9-11(18)16(6-3)12(19)17(10)8-5-2/h4-5,9H,1-2,6-8H2,3H3. The molecule has 0 bridgehead atoms. The number of hydrogen-bond acceptors (Lipinski definition) is 2. The number of allylic oxidation sites excluding steroid dienone is 2. The summed E-state index contributed by atoms with van der Waals surface area (Å²) < 4.78 is 29.6. The molecule has 0 atom stereocenters. The van der Waals surface area contributed by atoms with E-state index in [2.05, 4.69) is 13.2 Å². The van der Waals surface area contributed by atoms with Crippen LogP contribution < -0.4 is 11.2 Å². The Bertz CT molecular complexity index is 600. The van der Waals surface area contributed by atoms with E-state index >= 15 is 0 Å². The normalized spacial score (nSPS) is 11.3. The van der Waals surface area contributed by atoms with Gasteiger partial charge in [-0.1, -0.05) is 12.2 Å². The van der Waals surface area contributed by atoms with Crippen LogP contribution in [-0.2, 0) is 19.0 Å². The second-order valence-electron chi connectivity index (χ2n) is 3.99. The van der Waals surface area contributed by atoms with Gasteiger partial charge in [-0.15, -0.1) is 13.2 Å². The topological polar surface area (TPSA) is 44.0 Å². The van der Waals surface area contributed by atoms with Gasteiger partial charge < -0.3 is 0 Å². The van der Waals surface area contributed by atoms with Crippen LogP contribution in [0.1, 0.15) is 19.0 Å². The summed E-state index contributed by atoms with van der Waals surface area (Å²) in [6, 6.07) is 0.803. The highest BCUT2D eigenvalue weighted by molar-refractivity contribution is 5.12. The minimum absolute atomic E-state index is 0.0822. The maximum Gasteiger partial charge on any atom is 0.331 e. The molecular formula is C13H16F2N2O2. The van der Waals surface area contributed by atoms with Crippen molar-refractivity contribution >= 4 is 0 Å². The van der Waals surface area contributed by atoms with Gasteiger partial charge in [-0.25, -0.2) is 4.79 Å². The lowest BCUT2D eigenvalue weighted by Gasteiger charge is -2.20. The fourth-order valence-corrected chi connectivity index (χ4v) is 1.80. The van der Waals surface area contributed by atoms with Crippen molar-refractivity contribution in [3.8, 4) is 0 Å². The summed E-state index contributed by atoms with van der Waals surface area (Å²) in [6.07, 6.45) is 1.74. The second-order valence-corrected chi connectivity index (χ2v) is 3.99. The summed E-state index contributed by atoms with van der Waals surface area (Å²) in [7, 11) is 0. The molecular weight excluding hydrogens is 254 g/mol. The average Bonchev–Trinajstić information content (AvgIpc) is 2.33. The van der Waals surface area contributed by atoms with Gasteiger partial charge in [0.05, 0.1) is 5.69 Å². The molecule has 1 heterocycles. The van der Waals surface area contributed by atoms with E-state index in [9.17, 15) is 18.4 Å². The maximum absolute atomic E-state index is 13.9. The number of alkyl halides is 2. The Balaban J connectivity index is 3.64. The van der Waals surface area contributed by atoms with Crippen LogP contribution >= 0.6 is 0 Å². The molecule has 0 saturated heterocycles. The molecule has 0 unspecified atom stereocenters. The average molecular weight is 270 g/mol. The molecule has 0 radical (unpaired) electrons. The Kier molecular flexibility index (Phi) is 4.58. The Morgan fingerprint density at radius 1 is 1.26 bits per heavy atom. The Morgan fingerprint density at radius 3 is 2.37 bits per heavy atom. The molecule has 1 aromatic heterocycles. The van der Waals surface area contributed by atoms with E-state index in [-0.39, 0.29) is 13.1 Å². The van der Waals surface area contributed by atoms with Crippen molar-refractivity contribution in [1.29, 1.82) is 0 Å². The molecule has 1 aromatic rings. The van der Waals surface area contributed by atoms with Gasteiger partial charge in [-0.3, -0.25) is 13.9 Å². The number of aromatic nitrogens is 2. The van der Waals surface area contributed by atoms with Gasteiger partial charge in [-0.2, -0.15) is 8.78 Å². The predicted molar refractivity (Wildman–Crippen MR) is 69.5 cm³/mol. The summed E-state index contributed by atoms with van der Waals surface area (Å²) in [6.45, 7) is 8.33. The van der Waals surface area contributed by atoms with Gasteiger partial charge in [-0.05, 0) is 6.92 Å². The fourth-order valence-electron chi connectivity index (χ4n) is 1.80. The smallest absolute Gasteiger partial charge is 0.288 e. The largest absolute Gasteiger partial charge is 0.331 e. The SMILES string of the molecule is C=CCn1c(C(F)(F)CC=C)cc(=O)n(CC)c1=O. The van der Waals surface area contributed by atoms with Gasteiger partial charge in [0.15, 0.2) is 0 Å². The quantitative estimate of drug-likeness (QED) is 0.741. The second kappa shape index (κ2) is 5.77. The fraction of sp³-hybridized carbons (Fsp3) is 0.385. The van der Waals surface area contributed by atoms with Crippen LogP contribution in [0.2, 0.25) is 0 Å². The molecule has 6 heteroatoms. The lowest BCUT2D eigenvalue weighted by atomic mass is 10.1. The van der Waals surface area contributed by atoms with Crippen LogP contribution in [0.25, 0.3) is 0 Å². The van der Waals surface area contributed by atoms with Gasteiger partial charge >= 0.3 is 5.69 Å². The van der Waals surface area contributed by atoms with E-state index in [1.807, 2.05) is 0 Å². The minimum Gasteiger partial charge on any atom is -0.288 e. The summed E-state index contributed by atoms with van der Waals surface area (Å²) in [4.78, 5) is 23.7. The van der Waals surface area contributed by atoms with E-state index in [0.717, 1.165) is 21.3 Å². The third-order valence-electron chi connectivity index (χ3n) is 2.68. The van der Waals surface area contributed by atoms with Crippen molar-refractivity contribution in [2.24, 2.45) is 0 Å². The molecule has 4 nitrogen and oxygen atoms in total. The molecule has 0 amide bonds. The molecule has 0 saturated carbocycles. The van der Waals surface area contributed by atoms with Crippen molar-refractivity contribution < 1.29 is 8.78 Å². The van der Waals surface area contributed by atoms with Crippen molar-refractivity contribution in [2.75, 3.05) is 0 Å². The highest BCUT2D eigenvalue weighted by Crippen LogP contribution is 2.30. The Labute approximate surface area is 109 Å². The van der Waals surface area contributed by atoms with Gasteiger partial charge in [0, 0.05) is 25.6 Å². The first-order valence-corrected chi connectivity index (χ1v) is 5.83. The molecule has 0 aliphatic heterocycles. The summed E-state index contributed by atoms with van der Waals surface area (Å²) in [5, 5.41) is 0. The molecule has 19 heavy (non-hydrogen) atoms. The van der Waals surface area contributed by atoms with Gasteiger partial charge in [0.1, 0.15) is 0 Å². The number of rotatable bonds is 6. The van der Waals surface area contributed by atoms with E-state index in [1.54, 1.807) is 6.92 Å². The molecule has 0 aromatic carbocycles. The molecule has 0 N–H and O–H groups in total. The van der Waals surface area contributed by atoms with Crippen LogP contribution in [0.5, 0.6) is 0 Å². The van der Waals surface area contributed by atoms with Crippen LogP contribution in [-0.4, -0.2) is 9.13 Å². The molecule has 104 valence electrons. The highest BCUT2D eigenvalue weighted by atomic mass is 19.3. The van der Waals surface area contributed by atoms with Crippen molar-refractivity contribution in [1.82, 2.24) is 9.13 Å². The highest BCUT2D eigenvalue weighted by Gasteiger charge is 2.34. The van der Waals surface area contributed by atoms with Crippen LogP contribution in [0.4, 0.5) is 8.78 Å². The first-order chi connectivity index (χ1) is 8.88. The molecule has 1 rings (SSSR count). The molecule has 0 spiro atoms. The summed E-state index contributed by atoms with van der Waals surface area (Å²) >= 11 is 0. The van der Waals surface area contributed by atoms with Gasteiger partial charge in [0.25, 0.3) is 11.5 Å². The molecule has 0 fully saturated rings. The zero-order valence-corrected chi connectivity index (χ0v) is 10.7. The Hall–Kier alpha value is -1.98. The third-order valence-corrected chi connectivity index (χ3v) is 2.68. The molecule has 0 aliphatic carbocycles. The van der Waals surface area contributed by atoms with Crippen molar-refractivity contribution in [3.63, 3.8) is 0 Å². The lowest BCUT2D eigenvalue weighted by Crippen LogP contribution is -2.42. The third kappa shape index (κ3) is 2.89. The lowest BCUT2D eigenvalue weighted by molar-refractivity contribution is -0.0103. The minimum atomic E-state index is -3.31. The van der Waals surface area contributed by atoms with Crippen molar-refractivity contribution in [2.45, 2.75) is 32.4 Å².